The van der Waals surface area contributed by atoms with Gasteiger partial charge in [-0.25, -0.2) is 0 Å². The second-order valence-corrected chi connectivity index (χ2v) is 7.50. The Bertz CT molecular complexity index is 829. The summed E-state index contributed by atoms with van der Waals surface area (Å²) in [6.45, 7) is 4.11. The van der Waals surface area contributed by atoms with Gasteiger partial charge in [-0.15, -0.1) is 22.0 Å². The van der Waals surface area contributed by atoms with Crippen molar-refractivity contribution < 1.29 is 4.79 Å². The second-order valence-electron chi connectivity index (χ2n) is 5.45. The monoisotopic (exact) mass is 343 g/mol. The molecule has 1 N–H and O–H groups in total. The molecule has 0 aliphatic heterocycles. The predicted molar refractivity (Wildman–Crippen MR) is 97.3 cm³/mol. The van der Waals surface area contributed by atoms with E-state index in [0.717, 1.165) is 9.90 Å². The van der Waals surface area contributed by atoms with Crippen molar-refractivity contribution in [3.63, 3.8) is 0 Å². The van der Waals surface area contributed by atoms with E-state index in [-0.39, 0.29) is 5.91 Å². The zero-order valence-electron chi connectivity index (χ0n) is 12.9. The molecule has 4 nitrogen and oxygen atoms in total. The van der Waals surface area contributed by atoms with Crippen LogP contribution in [0.2, 0.25) is 0 Å². The highest BCUT2D eigenvalue weighted by Gasteiger charge is 2.10. The summed E-state index contributed by atoms with van der Waals surface area (Å²) >= 11 is 2.95. The number of nitrogens with one attached hydrogen (secondary N) is 1. The zero-order chi connectivity index (χ0) is 16.2. The molecule has 6 heteroatoms. The van der Waals surface area contributed by atoms with Crippen LogP contribution >= 0.6 is 23.1 Å². The van der Waals surface area contributed by atoms with Gasteiger partial charge in [-0.1, -0.05) is 55.5 Å². The van der Waals surface area contributed by atoms with Crippen molar-refractivity contribution in [2.45, 2.75) is 24.7 Å². The van der Waals surface area contributed by atoms with E-state index >= 15 is 0 Å². The smallest absolute Gasteiger partial charge is 0.236 e. The number of hydrogen-bond donors (Lipinski definition) is 1. The van der Waals surface area contributed by atoms with Crippen molar-refractivity contribution in [1.82, 2.24) is 10.2 Å². The SMILES string of the molecule is CC(C)c1nnc(NC(=O)CSc2ccc3ccccc3c2)s1. The maximum atomic E-state index is 12.0. The van der Waals surface area contributed by atoms with Crippen LogP contribution in [0.5, 0.6) is 0 Å². The van der Waals surface area contributed by atoms with Crippen LogP contribution in [-0.4, -0.2) is 21.9 Å². The first kappa shape index (κ1) is 16.0. The average Bonchev–Trinajstić information content (AvgIpc) is 3.01. The van der Waals surface area contributed by atoms with Crippen molar-refractivity contribution >= 4 is 44.9 Å². The molecule has 0 fully saturated rings. The predicted octanol–water partition coefficient (Wildman–Crippen LogP) is 4.55. The highest BCUT2D eigenvalue weighted by atomic mass is 32.2. The summed E-state index contributed by atoms with van der Waals surface area (Å²) in [4.78, 5) is 13.1. The van der Waals surface area contributed by atoms with Gasteiger partial charge in [0.15, 0.2) is 0 Å². The van der Waals surface area contributed by atoms with Crippen LogP contribution < -0.4 is 5.32 Å². The van der Waals surface area contributed by atoms with Crippen molar-refractivity contribution in [3.8, 4) is 0 Å². The van der Waals surface area contributed by atoms with Crippen LogP contribution in [0.3, 0.4) is 0 Å². The Kier molecular flexibility index (Phi) is 4.93. The number of amides is 1. The summed E-state index contributed by atoms with van der Waals surface area (Å²) in [5.74, 6) is 0.620. The van der Waals surface area contributed by atoms with Gasteiger partial charge in [-0.3, -0.25) is 10.1 Å². The Balaban J connectivity index is 1.59. The third kappa shape index (κ3) is 4.09. The number of nitrogens with zero attached hydrogens (tertiary/aromatic N) is 2. The van der Waals surface area contributed by atoms with Crippen LogP contribution in [0.4, 0.5) is 5.13 Å². The van der Waals surface area contributed by atoms with Crippen molar-refractivity contribution in [2.75, 3.05) is 11.1 Å². The fraction of sp³-hybridized carbons (Fsp3) is 0.235. The van der Waals surface area contributed by atoms with E-state index in [2.05, 4.69) is 53.6 Å². The highest BCUT2D eigenvalue weighted by molar-refractivity contribution is 8.00. The summed E-state index contributed by atoms with van der Waals surface area (Å²) in [5.41, 5.74) is 0. The number of anilines is 1. The Morgan fingerprint density at radius 1 is 1.17 bits per heavy atom. The number of rotatable bonds is 5. The third-order valence-corrected chi connectivity index (χ3v) is 5.40. The molecule has 1 amide bonds. The minimum Gasteiger partial charge on any atom is -0.300 e. The van der Waals surface area contributed by atoms with Crippen molar-refractivity contribution in [3.05, 3.63) is 47.5 Å². The Morgan fingerprint density at radius 2 is 1.96 bits per heavy atom. The molecule has 0 radical (unpaired) electrons. The lowest BCUT2D eigenvalue weighted by Crippen LogP contribution is -2.13. The van der Waals surface area contributed by atoms with E-state index in [1.807, 2.05) is 18.2 Å². The van der Waals surface area contributed by atoms with Gasteiger partial charge >= 0.3 is 0 Å². The number of fused-ring (bicyclic) bond motifs is 1. The minimum atomic E-state index is -0.0605. The molecule has 0 saturated heterocycles. The molecule has 0 atom stereocenters. The number of hydrogen-bond acceptors (Lipinski definition) is 5. The standard InChI is InChI=1S/C17H17N3OS2/c1-11(2)16-19-20-17(23-16)18-15(21)10-22-14-8-7-12-5-3-4-6-13(12)9-14/h3-9,11H,10H2,1-2H3,(H,18,20,21). The van der Waals surface area contributed by atoms with Crippen LogP contribution in [0.25, 0.3) is 10.8 Å². The molecule has 118 valence electrons. The fourth-order valence-electron chi connectivity index (χ4n) is 2.08. The summed E-state index contributed by atoms with van der Waals surface area (Å²) in [6, 6.07) is 14.4. The Hall–Kier alpha value is -1.92. The van der Waals surface area contributed by atoms with Crippen LogP contribution in [0.1, 0.15) is 24.8 Å². The van der Waals surface area contributed by atoms with Gasteiger partial charge in [0.1, 0.15) is 5.01 Å². The molecule has 1 heterocycles. The summed E-state index contributed by atoms with van der Waals surface area (Å²) < 4.78 is 0. The summed E-state index contributed by atoms with van der Waals surface area (Å²) in [7, 11) is 0. The lowest BCUT2D eigenvalue weighted by atomic mass is 10.1. The first-order chi connectivity index (χ1) is 11.1. The maximum Gasteiger partial charge on any atom is 0.236 e. The van der Waals surface area contributed by atoms with Crippen molar-refractivity contribution in [2.24, 2.45) is 0 Å². The zero-order valence-corrected chi connectivity index (χ0v) is 14.6. The van der Waals surface area contributed by atoms with E-state index in [0.29, 0.717) is 16.8 Å². The number of benzene rings is 2. The Labute approximate surface area is 143 Å². The van der Waals surface area contributed by atoms with Crippen molar-refractivity contribution in [1.29, 1.82) is 0 Å². The van der Waals surface area contributed by atoms with Gasteiger partial charge in [0, 0.05) is 10.8 Å². The van der Waals surface area contributed by atoms with E-state index < -0.39 is 0 Å². The molecule has 0 saturated carbocycles. The number of carbonyl (C=O) groups excluding carboxylic acids is 1. The average molecular weight is 343 g/mol. The maximum absolute atomic E-state index is 12.0. The molecule has 0 aliphatic rings. The lowest BCUT2D eigenvalue weighted by Gasteiger charge is -2.04. The molecule has 23 heavy (non-hydrogen) atoms. The van der Waals surface area contributed by atoms with E-state index in [1.165, 1.54) is 33.9 Å². The normalized spacial score (nSPS) is 11.1. The van der Waals surface area contributed by atoms with Gasteiger partial charge in [0.2, 0.25) is 11.0 Å². The number of aromatic nitrogens is 2. The van der Waals surface area contributed by atoms with Gasteiger partial charge in [-0.05, 0) is 22.9 Å². The topological polar surface area (TPSA) is 54.9 Å². The van der Waals surface area contributed by atoms with Gasteiger partial charge in [0.05, 0.1) is 5.75 Å². The minimum absolute atomic E-state index is 0.0605. The molecule has 0 unspecified atom stereocenters. The van der Waals surface area contributed by atoms with Crippen LogP contribution in [0.15, 0.2) is 47.4 Å². The Morgan fingerprint density at radius 3 is 2.70 bits per heavy atom. The quantitative estimate of drug-likeness (QED) is 0.691. The molecule has 1 aromatic heterocycles. The largest absolute Gasteiger partial charge is 0.300 e. The van der Waals surface area contributed by atoms with Gasteiger partial charge < -0.3 is 0 Å². The highest BCUT2D eigenvalue weighted by Crippen LogP contribution is 2.25. The van der Waals surface area contributed by atoms with Crippen LogP contribution in [0, 0.1) is 0 Å². The van der Waals surface area contributed by atoms with Crippen LogP contribution in [-0.2, 0) is 4.79 Å². The molecule has 3 aromatic rings. The first-order valence-corrected chi connectivity index (χ1v) is 9.17. The summed E-state index contributed by atoms with van der Waals surface area (Å²) in [6.07, 6.45) is 0. The molecule has 3 rings (SSSR count). The van der Waals surface area contributed by atoms with E-state index in [1.54, 1.807) is 0 Å². The molecule has 0 aliphatic carbocycles. The first-order valence-electron chi connectivity index (χ1n) is 7.36. The van der Waals surface area contributed by atoms with E-state index in [4.69, 9.17) is 0 Å². The molecule has 2 aromatic carbocycles. The molecular formula is C17H17N3OS2. The number of carbonyl (C=O) groups is 1. The van der Waals surface area contributed by atoms with Gasteiger partial charge in [-0.2, -0.15) is 0 Å². The fourth-order valence-corrected chi connectivity index (χ4v) is 3.59. The molecule has 0 spiro atoms. The molecular weight excluding hydrogens is 326 g/mol. The second kappa shape index (κ2) is 7.10. The lowest BCUT2D eigenvalue weighted by molar-refractivity contribution is -0.113. The summed E-state index contributed by atoms with van der Waals surface area (Å²) in [5, 5.41) is 14.8. The van der Waals surface area contributed by atoms with E-state index in [9.17, 15) is 4.79 Å². The number of thioether (sulfide) groups is 1. The van der Waals surface area contributed by atoms with Gasteiger partial charge in [0.25, 0.3) is 0 Å². The third-order valence-electron chi connectivity index (χ3n) is 3.27. The molecule has 0 bridgehead atoms.